The van der Waals surface area contributed by atoms with Crippen LogP contribution in [0.2, 0.25) is 0 Å². The topological polar surface area (TPSA) is 55.4 Å². The molecule has 0 rings (SSSR count). The third-order valence-corrected chi connectivity index (χ3v) is 5.13. The lowest BCUT2D eigenvalue weighted by Crippen LogP contribution is -2.26. The molecule has 0 aromatic carbocycles. The molecule has 0 unspecified atom stereocenters. The molecule has 0 heterocycles. The van der Waals surface area contributed by atoms with E-state index < -0.39 is 0 Å². The van der Waals surface area contributed by atoms with Crippen LogP contribution >= 0.6 is 0 Å². The van der Waals surface area contributed by atoms with Crippen LogP contribution in [0.15, 0.2) is 0 Å². The maximum Gasteiger partial charge on any atom is 0.148 e. The molecule has 6 heteroatoms. The van der Waals surface area contributed by atoms with Crippen LogP contribution in [0.3, 0.4) is 0 Å². The van der Waals surface area contributed by atoms with Crippen molar-refractivity contribution >= 4 is 0 Å². The van der Waals surface area contributed by atoms with Crippen molar-refractivity contribution in [1.82, 2.24) is 0 Å². The van der Waals surface area contributed by atoms with E-state index in [9.17, 15) is 0 Å². The normalized spacial score (nSPS) is 13.6. The lowest BCUT2D eigenvalue weighted by molar-refractivity contribution is -0.163. The third-order valence-electron chi connectivity index (χ3n) is 5.13. The summed E-state index contributed by atoms with van der Waals surface area (Å²) in [5.74, 6) is 0. The van der Waals surface area contributed by atoms with E-state index in [4.69, 9.17) is 28.4 Å². The van der Waals surface area contributed by atoms with Gasteiger partial charge in [0.15, 0.2) is 0 Å². The predicted octanol–water partition coefficient (Wildman–Crippen LogP) is 12.1. The van der Waals surface area contributed by atoms with Crippen molar-refractivity contribution < 1.29 is 28.4 Å². The molecule has 6 nitrogen and oxygen atoms in total. The Morgan fingerprint density at radius 1 is 0.261 bits per heavy atom. The van der Waals surface area contributed by atoms with Gasteiger partial charge in [-0.15, -0.1) is 0 Å². The van der Waals surface area contributed by atoms with Crippen molar-refractivity contribution in [1.29, 1.82) is 0 Å². The Labute approximate surface area is 291 Å². The summed E-state index contributed by atoms with van der Waals surface area (Å²) in [4.78, 5) is 0. The van der Waals surface area contributed by atoms with Crippen molar-refractivity contribution in [2.24, 2.45) is 10.8 Å². The van der Waals surface area contributed by atoms with Crippen LogP contribution in [0.1, 0.15) is 185 Å². The van der Waals surface area contributed by atoms with E-state index in [1.807, 2.05) is 83.1 Å². The molecule has 0 spiro atoms. The Hall–Kier alpha value is -0.240. The summed E-state index contributed by atoms with van der Waals surface area (Å²) in [6.07, 6.45) is 3.54. The second-order valence-electron chi connectivity index (χ2n) is 20.4. The second kappa shape index (κ2) is 22.5. The van der Waals surface area contributed by atoms with Crippen LogP contribution in [0.5, 0.6) is 0 Å². The number of rotatable bonds is 10. The van der Waals surface area contributed by atoms with Gasteiger partial charge in [-0.1, -0.05) is 41.5 Å². The van der Waals surface area contributed by atoms with Crippen LogP contribution in [0.4, 0.5) is 0 Å². The zero-order chi connectivity index (χ0) is 37.9. The molecule has 0 aliphatic carbocycles. The van der Waals surface area contributed by atoms with Gasteiger partial charge in [-0.05, 0) is 155 Å². The quantitative estimate of drug-likeness (QED) is 0.171. The predicted molar refractivity (Wildman–Crippen MR) is 202 cm³/mol. The lowest BCUT2D eigenvalue weighted by atomic mass is 9.91. The largest absolute Gasteiger partial charge is 0.376 e. The first-order valence-electron chi connectivity index (χ1n) is 17.7. The van der Waals surface area contributed by atoms with Gasteiger partial charge < -0.3 is 28.4 Å². The van der Waals surface area contributed by atoms with Gasteiger partial charge >= 0.3 is 0 Å². The highest BCUT2D eigenvalue weighted by Gasteiger charge is 2.16. The summed E-state index contributed by atoms with van der Waals surface area (Å²) in [6.45, 7) is 53.9. The Bertz CT molecular complexity index is 566. The molecule has 0 saturated carbocycles. The maximum absolute atomic E-state index is 5.62. The standard InChI is InChI=1S/C11H24O.C10H22O2.C10H22O.C9H20O2/c1-10(2,3)8-7-9-12-11(4,5)6;1-9(2,3)11-7-8-12-10(4,5)6;1-9(2,3)7-8-11-10(4,5)6;1-8(2,3)10-7-11-9(4,5)6/h7-9H2,1-6H3;7-8H2,1-6H3;7-8H2,1-6H3;7H2,1-6H3. The van der Waals surface area contributed by atoms with Gasteiger partial charge in [0, 0.05) is 13.2 Å². The zero-order valence-electron chi connectivity index (χ0n) is 36.1. The zero-order valence-corrected chi connectivity index (χ0v) is 36.1. The van der Waals surface area contributed by atoms with Crippen molar-refractivity contribution in [2.45, 2.75) is 219 Å². The fourth-order valence-electron chi connectivity index (χ4n) is 2.72. The van der Waals surface area contributed by atoms with E-state index in [2.05, 4.69) is 83.1 Å². The third kappa shape index (κ3) is 70.2. The van der Waals surface area contributed by atoms with Gasteiger partial charge in [0.2, 0.25) is 0 Å². The van der Waals surface area contributed by atoms with Crippen LogP contribution in [-0.2, 0) is 28.4 Å². The Morgan fingerprint density at radius 3 is 0.739 bits per heavy atom. The van der Waals surface area contributed by atoms with Crippen molar-refractivity contribution in [3.8, 4) is 0 Å². The number of hydrogen-bond acceptors (Lipinski definition) is 6. The first-order chi connectivity index (χ1) is 19.8. The van der Waals surface area contributed by atoms with E-state index >= 15 is 0 Å². The average Bonchev–Trinajstić information content (AvgIpc) is 2.69. The lowest BCUT2D eigenvalue weighted by Gasteiger charge is -2.24. The minimum absolute atomic E-state index is 0.0191. The van der Waals surface area contributed by atoms with Crippen molar-refractivity contribution in [2.75, 3.05) is 33.2 Å². The first-order valence-corrected chi connectivity index (χ1v) is 17.7. The van der Waals surface area contributed by atoms with Gasteiger partial charge in [0.05, 0.1) is 46.8 Å². The van der Waals surface area contributed by atoms with Crippen LogP contribution in [0.25, 0.3) is 0 Å². The molecule has 0 fully saturated rings. The molecule has 0 atom stereocenters. The van der Waals surface area contributed by atoms with Crippen molar-refractivity contribution in [3.05, 3.63) is 0 Å². The highest BCUT2D eigenvalue weighted by atomic mass is 16.7. The van der Waals surface area contributed by atoms with E-state index in [0.29, 0.717) is 30.8 Å². The smallest absolute Gasteiger partial charge is 0.148 e. The summed E-state index contributed by atoms with van der Waals surface area (Å²) < 4.78 is 33.0. The van der Waals surface area contributed by atoms with Gasteiger partial charge in [-0.3, -0.25) is 0 Å². The molecule has 284 valence electrons. The fraction of sp³-hybridized carbons (Fsp3) is 1.00. The molecule has 0 aliphatic rings. The minimum atomic E-state index is -0.106. The Balaban J connectivity index is -0.000000256. The van der Waals surface area contributed by atoms with Gasteiger partial charge in [0.25, 0.3) is 0 Å². The highest BCUT2D eigenvalue weighted by Crippen LogP contribution is 2.21. The van der Waals surface area contributed by atoms with E-state index in [1.165, 1.54) is 12.8 Å². The highest BCUT2D eigenvalue weighted by molar-refractivity contribution is 4.65. The second-order valence-corrected chi connectivity index (χ2v) is 20.4. The maximum atomic E-state index is 5.62. The Morgan fingerprint density at radius 2 is 0.500 bits per heavy atom. The molecule has 0 amide bonds. The molecule has 0 aromatic rings. The minimum Gasteiger partial charge on any atom is -0.376 e. The van der Waals surface area contributed by atoms with E-state index in [1.54, 1.807) is 0 Å². The molecular weight excluding hydrogens is 576 g/mol. The summed E-state index contributed by atoms with van der Waals surface area (Å²) in [6, 6.07) is 0. The molecule has 0 aromatic heterocycles. The molecule has 0 saturated heterocycles. The van der Waals surface area contributed by atoms with Gasteiger partial charge in [-0.2, -0.15) is 0 Å². The van der Waals surface area contributed by atoms with Crippen molar-refractivity contribution in [3.63, 3.8) is 0 Å². The summed E-state index contributed by atoms with van der Waals surface area (Å²) in [5, 5.41) is 0. The molecule has 0 aliphatic heterocycles. The Kier molecular flexibility index (Phi) is 25.7. The molecule has 0 N–H and O–H groups in total. The molecule has 0 bridgehead atoms. The monoisotopic (exact) mass is 665 g/mol. The summed E-state index contributed by atoms with van der Waals surface area (Å²) in [7, 11) is 0. The van der Waals surface area contributed by atoms with Gasteiger partial charge in [0.1, 0.15) is 6.79 Å². The molecular formula is C40H88O6. The fourth-order valence-corrected chi connectivity index (χ4v) is 2.72. The first kappa shape index (κ1) is 52.6. The van der Waals surface area contributed by atoms with Crippen LogP contribution in [0, 0.1) is 10.8 Å². The van der Waals surface area contributed by atoms with Crippen LogP contribution in [-0.4, -0.2) is 66.8 Å². The van der Waals surface area contributed by atoms with Gasteiger partial charge in [-0.25, -0.2) is 0 Å². The SMILES string of the molecule is CC(C)(C)CCCOC(C)(C)C.CC(C)(C)CCOC(C)(C)C.CC(C)(C)OCCOC(C)(C)C.CC(C)(C)OCOC(C)(C)C. The summed E-state index contributed by atoms with van der Waals surface area (Å²) >= 11 is 0. The number of ether oxygens (including phenoxy) is 6. The number of hydrogen-bond donors (Lipinski definition) is 0. The van der Waals surface area contributed by atoms with Crippen LogP contribution < -0.4 is 0 Å². The average molecular weight is 665 g/mol. The van der Waals surface area contributed by atoms with E-state index in [0.717, 1.165) is 19.6 Å². The summed E-state index contributed by atoms with van der Waals surface area (Å²) in [5.41, 5.74) is 0.564. The molecule has 46 heavy (non-hydrogen) atoms. The van der Waals surface area contributed by atoms with E-state index in [-0.39, 0.29) is 33.6 Å². The molecule has 0 radical (unpaired) electrons.